The zero-order valence-electron chi connectivity index (χ0n) is 14.9. The zero-order valence-corrected chi connectivity index (χ0v) is 14.9. The Morgan fingerprint density at radius 1 is 1.04 bits per heavy atom. The zero-order chi connectivity index (χ0) is 17.9. The maximum Gasteiger partial charge on any atom is 0.270 e. The molecule has 0 unspecified atom stereocenters. The number of amides is 1. The van der Waals surface area contributed by atoms with Gasteiger partial charge in [-0.3, -0.25) is 9.69 Å². The van der Waals surface area contributed by atoms with Crippen LogP contribution in [0, 0.1) is 5.82 Å². The Morgan fingerprint density at radius 3 is 2.50 bits per heavy atom. The largest absolute Gasteiger partial charge is 0.369 e. The molecule has 2 saturated heterocycles. The average molecular weight is 356 g/mol. The fourth-order valence-corrected chi connectivity index (χ4v) is 4.07. The van der Waals surface area contributed by atoms with E-state index < -0.39 is 0 Å². The number of carbonyl (C=O) groups is 1. The van der Waals surface area contributed by atoms with E-state index in [-0.39, 0.29) is 11.7 Å². The summed E-state index contributed by atoms with van der Waals surface area (Å²) < 4.78 is 13.1. The number of benzene rings is 1. The van der Waals surface area contributed by atoms with Gasteiger partial charge in [0.25, 0.3) is 5.91 Å². The van der Waals surface area contributed by atoms with Crippen LogP contribution in [0.25, 0.3) is 0 Å². The standard InChI is InChI=1S/C20H25FN4O/c21-16-5-7-17(8-6-16)23-11-13-24(14-12-23)18-3-2-10-25(15-18)20(26)19-4-1-9-22-19/h1,4-9,18,22H,2-3,10-15H2/t18-/m1/s1. The van der Waals surface area contributed by atoms with Crippen molar-refractivity contribution in [3.63, 3.8) is 0 Å². The van der Waals surface area contributed by atoms with E-state index in [0.717, 1.165) is 57.8 Å². The van der Waals surface area contributed by atoms with Gasteiger partial charge in [-0.25, -0.2) is 4.39 Å². The number of halogens is 1. The quantitative estimate of drug-likeness (QED) is 0.919. The summed E-state index contributed by atoms with van der Waals surface area (Å²) in [6.45, 7) is 5.47. The molecular weight excluding hydrogens is 331 g/mol. The first-order valence-corrected chi connectivity index (χ1v) is 9.38. The van der Waals surface area contributed by atoms with Crippen molar-refractivity contribution >= 4 is 11.6 Å². The second-order valence-corrected chi connectivity index (χ2v) is 7.13. The van der Waals surface area contributed by atoms with Crippen molar-refractivity contribution in [3.05, 3.63) is 54.1 Å². The third kappa shape index (κ3) is 3.60. The Hall–Kier alpha value is -2.34. The molecule has 26 heavy (non-hydrogen) atoms. The highest BCUT2D eigenvalue weighted by atomic mass is 19.1. The minimum Gasteiger partial charge on any atom is -0.369 e. The van der Waals surface area contributed by atoms with Gasteiger partial charge in [0.2, 0.25) is 0 Å². The molecule has 2 aliphatic heterocycles. The molecule has 1 aromatic heterocycles. The molecule has 6 heteroatoms. The smallest absolute Gasteiger partial charge is 0.270 e. The van der Waals surface area contributed by atoms with Crippen LogP contribution in [0.1, 0.15) is 23.3 Å². The number of rotatable bonds is 3. The van der Waals surface area contributed by atoms with E-state index in [4.69, 9.17) is 0 Å². The molecular formula is C20H25FN4O. The summed E-state index contributed by atoms with van der Waals surface area (Å²) >= 11 is 0. The third-order valence-electron chi connectivity index (χ3n) is 5.53. The summed E-state index contributed by atoms with van der Waals surface area (Å²) in [7, 11) is 0. The Bertz CT molecular complexity index is 723. The number of H-pyrrole nitrogens is 1. The molecule has 1 amide bonds. The van der Waals surface area contributed by atoms with E-state index in [1.165, 1.54) is 12.1 Å². The first-order chi connectivity index (χ1) is 12.7. The van der Waals surface area contributed by atoms with Gasteiger partial charge < -0.3 is 14.8 Å². The van der Waals surface area contributed by atoms with E-state index in [0.29, 0.717) is 11.7 Å². The SMILES string of the molecule is O=C(c1ccc[nH]1)N1CCC[C@@H](N2CCN(c3ccc(F)cc3)CC2)C1. The summed E-state index contributed by atoms with van der Waals surface area (Å²) in [6.07, 6.45) is 3.99. The van der Waals surface area contributed by atoms with Crippen molar-refractivity contribution < 1.29 is 9.18 Å². The highest BCUT2D eigenvalue weighted by Gasteiger charge is 2.30. The summed E-state index contributed by atoms with van der Waals surface area (Å²) in [5.74, 6) is -0.0916. The molecule has 138 valence electrons. The topological polar surface area (TPSA) is 42.6 Å². The van der Waals surface area contributed by atoms with Crippen LogP contribution < -0.4 is 4.90 Å². The Balaban J connectivity index is 1.34. The lowest BCUT2D eigenvalue weighted by Gasteiger charge is -2.43. The van der Waals surface area contributed by atoms with E-state index in [1.807, 2.05) is 29.2 Å². The van der Waals surface area contributed by atoms with E-state index >= 15 is 0 Å². The van der Waals surface area contributed by atoms with Gasteiger partial charge in [-0.1, -0.05) is 0 Å². The predicted molar refractivity (Wildman–Crippen MR) is 99.9 cm³/mol. The lowest BCUT2D eigenvalue weighted by molar-refractivity contribution is 0.0559. The van der Waals surface area contributed by atoms with Gasteiger partial charge in [0.15, 0.2) is 0 Å². The monoisotopic (exact) mass is 356 g/mol. The lowest BCUT2D eigenvalue weighted by Crippen LogP contribution is -2.55. The number of nitrogens with one attached hydrogen (secondary N) is 1. The van der Waals surface area contributed by atoms with Crippen molar-refractivity contribution in [1.82, 2.24) is 14.8 Å². The molecule has 3 heterocycles. The third-order valence-corrected chi connectivity index (χ3v) is 5.53. The van der Waals surface area contributed by atoms with Gasteiger partial charge in [0.1, 0.15) is 11.5 Å². The Morgan fingerprint density at radius 2 is 1.81 bits per heavy atom. The molecule has 1 N–H and O–H groups in total. The number of nitrogens with zero attached hydrogens (tertiary/aromatic N) is 3. The maximum absolute atomic E-state index is 13.1. The van der Waals surface area contributed by atoms with Crippen molar-refractivity contribution in [2.75, 3.05) is 44.2 Å². The fourth-order valence-electron chi connectivity index (χ4n) is 4.07. The van der Waals surface area contributed by atoms with Crippen LogP contribution in [-0.4, -0.2) is 66.0 Å². The molecule has 0 saturated carbocycles. The minimum atomic E-state index is -0.193. The van der Waals surface area contributed by atoms with E-state index in [1.54, 1.807) is 6.20 Å². The van der Waals surface area contributed by atoms with Gasteiger partial charge in [0.05, 0.1) is 0 Å². The van der Waals surface area contributed by atoms with Crippen molar-refractivity contribution in [2.24, 2.45) is 0 Å². The number of piperidine rings is 1. The highest BCUT2D eigenvalue weighted by Crippen LogP contribution is 2.22. The van der Waals surface area contributed by atoms with Gasteiger partial charge in [-0.05, 0) is 49.2 Å². The summed E-state index contributed by atoms with van der Waals surface area (Å²) in [4.78, 5) is 22.4. The number of hydrogen-bond donors (Lipinski definition) is 1. The van der Waals surface area contributed by atoms with E-state index in [9.17, 15) is 9.18 Å². The second kappa shape index (κ2) is 7.50. The number of aromatic amines is 1. The molecule has 2 aromatic rings. The molecule has 1 atom stereocenters. The van der Waals surface area contributed by atoms with Crippen LogP contribution in [0.3, 0.4) is 0 Å². The summed E-state index contributed by atoms with van der Waals surface area (Å²) in [6, 6.07) is 10.9. The number of likely N-dealkylation sites (tertiary alicyclic amines) is 1. The van der Waals surface area contributed by atoms with Crippen LogP contribution >= 0.6 is 0 Å². The normalized spacial score (nSPS) is 21.8. The lowest BCUT2D eigenvalue weighted by atomic mass is 10.0. The molecule has 2 fully saturated rings. The average Bonchev–Trinajstić information content (AvgIpc) is 3.23. The Kier molecular flexibility index (Phi) is 4.93. The van der Waals surface area contributed by atoms with Gasteiger partial charge in [-0.2, -0.15) is 0 Å². The molecule has 2 aliphatic rings. The fraction of sp³-hybridized carbons (Fsp3) is 0.450. The second-order valence-electron chi connectivity index (χ2n) is 7.13. The predicted octanol–water partition coefficient (Wildman–Crippen LogP) is 2.58. The van der Waals surface area contributed by atoms with Gasteiger partial charge in [-0.15, -0.1) is 0 Å². The molecule has 5 nitrogen and oxygen atoms in total. The van der Waals surface area contributed by atoms with E-state index in [2.05, 4.69) is 14.8 Å². The molecule has 4 rings (SSSR count). The number of carbonyl (C=O) groups excluding carboxylic acids is 1. The molecule has 0 spiro atoms. The van der Waals surface area contributed by atoms with Gasteiger partial charge in [0, 0.05) is 57.2 Å². The van der Waals surface area contributed by atoms with Crippen LogP contribution in [0.5, 0.6) is 0 Å². The van der Waals surface area contributed by atoms with Crippen LogP contribution in [-0.2, 0) is 0 Å². The number of hydrogen-bond acceptors (Lipinski definition) is 3. The summed E-state index contributed by atoms with van der Waals surface area (Å²) in [5.41, 5.74) is 1.75. The number of piperazine rings is 1. The number of anilines is 1. The number of aromatic nitrogens is 1. The first-order valence-electron chi connectivity index (χ1n) is 9.38. The van der Waals surface area contributed by atoms with Crippen molar-refractivity contribution in [2.45, 2.75) is 18.9 Å². The molecule has 0 aliphatic carbocycles. The summed E-state index contributed by atoms with van der Waals surface area (Å²) in [5, 5.41) is 0. The van der Waals surface area contributed by atoms with Crippen molar-refractivity contribution in [3.8, 4) is 0 Å². The highest BCUT2D eigenvalue weighted by molar-refractivity contribution is 5.92. The van der Waals surface area contributed by atoms with Crippen LogP contribution in [0.4, 0.5) is 10.1 Å². The first kappa shape index (κ1) is 17.1. The molecule has 1 aromatic carbocycles. The Labute approximate surface area is 153 Å². The van der Waals surface area contributed by atoms with Crippen LogP contribution in [0.15, 0.2) is 42.6 Å². The van der Waals surface area contributed by atoms with Crippen LogP contribution in [0.2, 0.25) is 0 Å². The molecule has 0 radical (unpaired) electrons. The molecule has 0 bridgehead atoms. The van der Waals surface area contributed by atoms with Crippen molar-refractivity contribution in [1.29, 1.82) is 0 Å². The minimum absolute atomic E-state index is 0.102. The van der Waals surface area contributed by atoms with Gasteiger partial charge >= 0.3 is 0 Å². The maximum atomic E-state index is 13.1.